The molecule has 4 atom stereocenters. The number of hydrogen-bond donors (Lipinski definition) is 6. The van der Waals surface area contributed by atoms with Gasteiger partial charge in [0.05, 0.1) is 12.4 Å². The number of aromatic nitrogens is 2. The van der Waals surface area contributed by atoms with Crippen LogP contribution in [0, 0.1) is 5.92 Å². The second-order valence-corrected chi connectivity index (χ2v) is 6.64. The second-order valence-electron chi connectivity index (χ2n) is 6.64. The number of rotatable bonds is 10. The summed E-state index contributed by atoms with van der Waals surface area (Å²) in [5.41, 5.74) is 6.16. The molecule has 0 aliphatic heterocycles. The third-order valence-corrected chi connectivity index (χ3v) is 3.76. The smallest absolute Gasteiger partial charge is 0.326 e. The fourth-order valence-electron chi connectivity index (χ4n) is 2.28. The molecule has 0 spiro atoms. The zero-order chi connectivity index (χ0) is 19.9. The van der Waals surface area contributed by atoms with Gasteiger partial charge in [0.25, 0.3) is 0 Å². The van der Waals surface area contributed by atoms with Gasteiger partial charge >= 0.3 is 5.97 Å². The van der Waals surface area contributed by atoms with Crippen molar-refractivity contribution in [3.63, 3.8) is 0 Å². The van der Waals surface area contributed by atoms with Gasteiger partial charge < -0.3 is 31.6 Å². The molecule has 1 aromatic rings. The summed E-state index contributed by atoms with van der Waals surface area (Å²) in [5, 5.41) is 23.6. The first-order valence-corrected chi connectivity index (χ1v) is 8.36. The van der Waals surface area contributed by atoms with Gasteiger partial charge in [0.15, 0.2) is 0 Å². The van der Waals surface area contributed by atoms with Gasteiger partial charge in [-0.05, 0) is 19.3 Å². The van der Waals surface area contributed by atoms with Gasteiger partial charge in [-0.1, -0.05) is 13.8 Å². The third-order valence-electron chi connectivity index (χ3n) is 3.76. The van der Waals surface area contributed by atoms with Crippen molar-refractivity contribution in [3.05, 3.63) is 18.2 Å². The molecule has 1 rings (SSSR count). The van der Waals surface area contributed by atoms with E-state index in [4.69, 9.17) is 5.73 Å². The maximum absolute atomic E-state index is 12.6. The summed E-state index contributed by atoms with van der Waals surface area (Å²) in [7, 11) is 0. The number of nitrogens with one attached hydrogen (secondary N) is 3. The molecule has 0 aliphatic rings. The minimum absolute atomic E-state index is 0.0562. The predicted molar refractivity (Wildman–Crippen MR) is 92.9 cm³/mol. The SMILES string of the molecule is CC(C)C[C@H](NC(=O)[C@@H](Cc1cnc[nH]1)NC(=O)[C@H](N)[C@H](C)O)C(=O)O. The summed E-state index contributed by atoms with van der Waals surface area (Å²) < 4.78 is 0. The standard InChI is InChI=1S/C16H27N5O5/c1-8(2)4-12(16(25)26)21-14(23)11(5-10-6-18-7-19-10)20-15(24)13(17)9(3)22/h6-9,11-13,22H,4-5,17H2,1-3H3,(H,18,19)(H,20,24)(H,21,23)(H,25,26)/t9-,11+,12-,13+/m0/s1. The number of aliphatic hydroxyl groups excluding tert-OH is 1. The Morgan fingerprint density at radius 1 is 1.19 bits per heavy atom. The number of carboxylic acid groups (broad SMARTS) is 1. The first kappa shape index (κ1) is 21.6. The number of aliphatic hydroxyl groups is 1. The number of nitrogens with zero attached hydrogens (tertiary/aromatic N) is 1. The molecule has 0 aromatic carbocycles. The monoisotopic (exact) mass is 369 g/mol. The highest BCUT2D eigenvalue weighted by Gasteiger charge is 2.29. The molecule has 26 heavy (non-hydrogen) atoms. The molecular formula is C16H27N5O5. The van der Waals surface area contributed by atoms with Crippen LogP contribution in [0.4, 0.5) is 0 Å². The number of H-pyrrole nitrogens is 1. The number of nitrogens with two attached hydrogens (primary N) is 1. The predicted octanol–water partition coefficient (Wildman–Crippen LogP) is -1.24. The fourth-order valence-corrected chi connectivity index (χ4v) is 2.28. The van der Waals surface area contributed by atoms with Gasteiger partial charge in [0.2, 0.25) is 11.8 Å². The molecule has 7 N–H and O–H groups in total. The summed E-state index contributed by atoms with van der Waals surface area (Å²) in [5.74, 6) is -2.46. The number of carbonyl (C=O) groups excluding carboxylic acids is 2. The van der Waals surface area contributed by atoms with Crippen LogP contribution in [-0.2, 0) is 20.8 Å². The molecule has 146 valence electrons. The van der Waals surface area contributed by atoms with Crippen LogP contribution in [0.2, 0.25) is 0 Å². The third kappa shape index (κ3) is 6.81. The van der Waals surface area contributed by atoms with Crippen LogP contribution in [0.5, 0.6) is 0 Å². The summed E-state index contributed by atoms with van der Waals surface area (Å²) in [6, 6.07) is -3.35. The Morgan fingerprint density at radius 2 is 1.81 bits per heavy atom. The molecule has 0 aliphatic carbocycles. The van der Waals surface area contributed by atoms with E-state index in [0.29, 0.717) is 5.69 Å². The van der Waals surface area contributed by atoms with Crippen LogP contribution in [0.3, 0.4) is 0 Å². The van der Waals surface area contributed by atoms with E-state index >= 15 is 0 Å². The lowest BCUT2D eigenvalue weighted by atomic mass is 10.0. The first-order valence-electron chi connectivity index (χ1n) is 8.36. The fraction of sp³-hybridized carbons (Fsp3) is 0.625. The van der Waals surface area contributed by atoms with Crippen molar-refractivity contribution in [3.8, 4) is 0 Å². The zero-order valence-corrected chi connectivity index (χ0v) is 15.1. The van der Waals surface area contributed by atoms with Crippen molar-refractivity contribution < 1.29 is 24.6 Å². The molecule has 0 bridgehead atoms. The Balaban J connectivity index is 2.89. The highest BCUT2D eigenvalue weighted by Crippen LogP contribution is 2.07. The van der Waals surface area contributed by atoms with Crippen molar-refractivity contribution >= 4 is 17.8 Å². The van der Waals surface area contributed by atoms with E-state index in [9.17, 15) is 24.6 Å². The van der Waals surface area contributed by atoms with E-state index in [1.54, 1.807) is 0 Å². The summed E-state index contributed by atoms with van der Waals surface area (Å²) in [4.78, 5) is 42.7. The van der Waals surface area contributed by atoms with Gasteiger partial charge in [-0.3, -0.25) is 9.59 Å². The van der Waals surface area contributed by atoms with Crippen molar-refractivity contribution in [2.75, 3.05) is 0 Å². The maximum Gasteiger partial charge on any atom is 0.326 e. The molecule has 10 nitrogen and oxygen atoms in total. The molecule has 0 saturated heterocycles. The Morgan fingerprint density at radius 3 is 2.27 bits per heavy atom. The molecular weight excluding hydrogens is 342 g/mol. The van der Waals surface area contributed by atoms with Crippen LogP contribution in [-0.4, -0.2) is 62.2 Å². The summed E-state index contributed by atoms with van der Waals surface area (Å²) in [6.07, 6.45) is 2.13. The normalized spacial score (nSPS) is 15.8. The Kier molecular flexibility index (Phi) is 8.20. The van der Waals surface area contributed by atoms with Gasteiger partial charge in [-0.15, -0.1) is 0 Å². The van der Waals surface area contributed by atoms with Crippen molar-refractivity contribution in [1.29, 1.82) is 0 Å². The average Bonchev–Trinajstić information content (AvgIpc) is 3.04. The van der Waals surface area contributed by atoms with Gasteiger partial charge in [0, 0.05) is 18.3 Å². The van der Waals surface area contributed by atoms with Crippen LogP contribution in [0.15, 0.2) is 12.5 Å². The van der Waals surface area contributed by atoms with Crippen LogP contribution < -0.4 is 16.4 Å². The topological polar surface area (TPSA) is 170 Å². The van der Waals surface area contributed by atoms with E-state index < -0.39 is 42.0 Å². The van der Waals surface area contributed by atoms with Crippen LogP contribution in [0.25, 0.3) is 0 Å². The number of hydrogen-bond acceptors (Lipinski definition) is 6. The number of aromatic amines is 1. The summed E-state index contributed by atoms with van der Waals surface area (Å²) in [6.45, 7) is 5.04. The molecule has 0 radical (unpaired) electrons. The minimum atomic E-state index is -1.21. The number of carbonyl (C=O) groups is 3. The lowest BCUT2D eigenvalue weighted by Gasteiger charge is -2.24. The van der Waals surface area contributed by atoms with Gasteiger partial charge in [-0.2, -0.15) is 0 Å². The highest BCUT2D eigenvalue weighted by atomic mass is 16.4. The molecule has 0 saturated carbocycles. The van der Waals surface area contributed by atoms with E-state index in [-0.39, 0.29) is 18.8 Å². The Labute approximate surface area is 151 Å². The average molecular weight is 369 g/mol. The van der Waals surface area contributed by atoms with E-state index in [2.05, 4.69) is 20.6 Å². The van der Waals surface area contributed by atoms with Crippen molar-refractivity contribution in [2.45, 2.75) is 57.8 Å². The highest BCUT2D eigenvalue weighted by molar-refractivity contribution is 5.92. The molecule has 1 heterocycles. The number of imidazole rings is 1. The van der Waals surface area contributed by atoms with Gasteiger partial charge in [-0.25, -0.2) is 9.78 Å². The number of amides is 2. The lowest BCUT2D eigenvalue weighted by Crippen LogP contribution is -2.57. The second kappa shape index (κ2) is 9.88. The minimum Gasteiger partial charge on any atom is -0.480 e. The lowest BCUT2D eigenvalue weighted by molar-refractivity contribution is -0.142. The number of carboxylic acids is 1. The Hall–Kier alpha value is -2.46. The largest absolute Gasteiger partial charge is 0.480 e. The molecule has 0 unspecified atom stereocenters. The van der Waals surface area contributed by atoms with E-state index in [1.807, 2.05) is 13.8 Å². The first-order chi connectivity index (χ1) is 12.1. The van der Waals surface area contributed by atoms with E-state index in [1.165, 1.54) is 19.4 Å². The van der Waals surface area contributed by atoms with Crippen LogP contribution >= 0.6 is 0 Å². The van der Waals surface area contributed by atoms with Crippen molar-refractivity contribution in [2.24, 2.45) is 11.7 Å². The van der Waals surface area contributed by atoms with Gasteiger partial charge in [0.1, 0.15) is 18.1 Å². The van der Waals surface area contributed by atoms with Crippen molar-refractivity contribution in [1.82, 2.24) is 20.6 Å². The molecule has 1 aromatic heterocycles. The maximum atomic E-state index is 12.6. The van der Waals surface area contributed by atoms with Crippen LogP contribution in [0.1, 0.15) is 32.9 Å². The molecule has 10 heteroatoms. The van der Waals surface area contributed by atoms with E-state index in [0.717, 1.165) is 0 Å². The summed E-state index contributed by atoms with van der Waals surface area (Å²) >= 11 is 0. The number of aliphatic carboxylic acids is 1. The quantitative estimate of drug-likeness (QED) is 0.299. The Bertz CT molecular complexity index is 602. The molecule has 0 fully saturated rings. The molecule has 2 amide bonds. The zero-order valence-electron chi connectivity index (χ0n) is 15.1.